The van der Waals surface area contributed by atoms with Gasteiger partial charge in [-0.15, -0.1) is 0 Å². The molecule has 2 aromatic carbocycles. The summed E-state index contributed by atoms with van der Waals surface area (Å²) in [5, 5.41) is 7.67. The van der Waals surface area contributed by atoms with E-state index in [4.69, 9.17) is 15.5 Å². The summed E-state index contributed by atoms with van der Waals surface area (Å²) in [7, 11) is 0. The number of primary amides is 1. The molecule has 0 spiro atoms. The molecule has 8 heteroatoms. The molecule has 1 aliphatic rings. The van der Waals surface area contributed by atoms with Gasteiger partial charge in [-0.05, 0) is 42.7 Å². The van der Waals surface area contributed by atoms with E-state index < -0.39 is 6.03 Å². The van der Waals surface area contributed by atoms with Crippen LogP contribution in [0.5, 0.6) is 5.75 Å². The van der Waals surface area contributed by atoms with Crippen molar-refractivity contribution in [2.75, 3.05) is 10.6 Å². The van der Waals surface area contributed by atoms with E-state index in [9.17, 15) is 4.79 Å². The Kier molecular flexibility index (Phi) is 6.20. The van der Waals surface area contributed by atoms with Gasteiger partial charge in [-0.25, -0.2) is 14.8 Å². The lowest BCUT2D eigenvalue weighted by atomic mass is 10.1. The molecule has 8 nitrogen and oxygen atoms in total. The maximum Gasteiger partial charge on any atom is 0.316 e. The van der Waals surface area contributed by atoms with E-state index in [1.54, 1.807) is 18.5 Å². The Morgan fingerprint density at radius 2 is 1.85 bits per heavy atom. The smallest absolute Gasteiger partial charge is 0.316 e. The fourth-order valence-electron chi connectivity index (χ4n) is 4.42. The van der Waals surface area contributed by atoms with Crippen molar-refractivity contribution in [1.82, 2.24) is 15.0 Å². The first kappa shape index (κ1) is 21.6. The highest BCUT2D eigenvalue weighted by atomic mass is 16.5. The first-order valence-electron chi connectivity index (χ1n) is 11.4. The second kappa shape index (κ2) is 9.74. The normalized spacial score (nSPS) is 13.6. The minimum atomic E-state index is -0.603. The number of aromatic nitrogens is 3. The summed E-state index contributed by atoms with van der Waals surface area (Å²) >= 11 is 0. The van der Waals surface area contributed by atoms with Crippen molar-refractivity contribution < 1.29 is 9.53 Å². The van der Waals surface area contributed by atoms with Gasteiger partial charge in [0.05, 0.1) is 17.6 Å². The predicted molar refractivity (Wildman–Crippen MR) is 132 cm³/mol. The Bertz CT molecular complexity index is 1320. The largest absolute Gasteiger partial charge is 0.488 e. The maximum absolute atomic E-state index is 11.3. The van der Waals surface area contributed by atoms with Gasteiger partial charge in [-0.3, -0.25) is 4.98 Å². The van der Waals surface area contributed by atoms with Crippen molar-refractivity contribution in [1.29, 1.82) is 0 Å². The zero-order valence-corrected chi connectivity index (χ0v) is 18.7. The lowest BCUT2D eigenvalue weighted by molar-refractivity contribution is 0.259. The van der Waals surface area contributed by atoms with E-state index in [0.717, 1.165) is 22.0 Å². The molecular weight excluding hydrogens is 428 g/mol. The number of nitrogens with zero attached hydrogens (tertiary/aromatic N) is 3. The number of urea groups is 1. The monoisotopic (exact) mass is 454 g/mol. The van der Waals surface area contributed by atoms with Gasteiger partial charge in [0.1, 0.15) is 24.0 Å². The second-order valence-corrected chi connectivity index (χ2v) is 8.42. The SMILES string of the molecule is NC(=O)Nc1ccc(OCc2ccnc(Nc3cncc(C4CCCC4)n3)c2)c2ccccc12. The summed E-state index contributed by atoms with van der Waals surface area (Å²) in [4.78, 5) is 24.9. The van der Waals surface area contributed by atoms with Gasteiger partial charge in [0.25, 0.3) is 0 Å². The van der Waals surface area contributed by atoms with Crippen molar-refractivity contribution in [2.45, 2.75) is 38.2 Å². The fourth-order valence-corrected chi connectivity index (χ4v) is 4.42. The number of nitrogens with two attached hydrogens (primary N) is 1. The van der Waals surface area contributed by atoms with Gasteiger partial charge in [-0.2, -0.15) is 0 Å². The Morgan fingerprint density at radius 3 is 2.68 bits per heavy atom. The lowest BCUT2D eigenvalue weighted by Crippen LogP contribution is -2.19. The lowest BCUT2D eigenvalue weighted by Gasteiger charge is -2.13. The molecule has 1 saturated carbocycles. The molecule has 0 radical (unpaired) electrons. The van der Waals surface area contributed by atoms with Crippen LogP contribution in [-0.2, 0) is 6.61 Å². The third-order valence-corrected chi connectivity index (χ3v) is 6.04. The molecule has 5 rings (SSSR count). The highest BCUT2D eigenvalue weighted by Gasteiger charge is 2.19. The minimum Gasteiger partial charge on any atom is -0.488 e. The summed E-state index contributed by atoms with van der Waals surface area (Å²) in [6, 6.07) is 14.6. The van der Waals surface area contributed by atoms with Gasteiger partial charge in [0.15, 0.2) is 0 Å². The first-order valence-corrected chi connectivity index (χ1v) is 11.4. The average molecular weight is 455 g/mol. The quantitative estimate of drug-likeness (QED) is 0.340. The van der Waals surface area contributed by atoms with Crippen LogP contribution in [0.4, 0.5) is 22.1 Å². The highest BCUT2D eigenvalue weighted by Crippen LogP contribution is 2.34. The minimum absolute atomic E-state index is 0.359. The molecule has 172 valence electrons. The molecule has 0 saturated heterocycles. The molecule has 34 heavy (non-hydrogen) atoms. The van der Waals surface area contributed by atoms with Crippen LogP contribution in [0.15, 0.2) is 67.1 Å². The molecule has 1 fully saturated rings. The second-order valence-electron chi connectivity index (χ2n) is 8.42. The van der Waals surface area contributed by atoms with Crippen LogP contribution in [0.2, 0.25) is 0 Å². The standard InChI is InChI=1S/C26H26N6O2/c27-26(33)31-21-9-10-23(20-8-4-3-7-19(20)21)34-16-17-11-12-29-24(13-17)32-25-15-28-14-22(30-25)18-5-1-2-6-18/h3-4,7-15,18H,1-2,5-6,16H2,(H3,27,31,33)(H,29,30,32). The molecule has 0 bridgehead atoms. The molecule has 2 aromatic heterocycles. The maximum atomic E-state index is 11.3. The molecule has 0 unspecified atom stereocenters. The van der Waals surface area contributed by atoms with Crippen LogP contribution in [0, 0.1) is 0 Å². The third kappa shape index (κ3) is 4.91. The van der Waals surface area contributed by atoms with E-state index >= 15 is 0 Å². The summed E-state index contributed by atoms with van der Waals surface area (Å²) in [6.07, 6.45) is 10.2. The Balaban J connectivity index is 1.30. The van der Waals surface area contributed by atoms with Gasteiger partial charge in [-0.1, -0.05) is 37.1 Å². The first-order chi connectivity index (χ1) is 16.7. The van der Waals surface area contributed by atoms with E-state index in [1.165, 1.54) is 25.7 Å². The van der Waals surface area contributed by atoms with Crippen LogP contribution in [0.3, 0.4) is 0 Å². The number of amides is 2. The third-order valence-electron chi connectivity index (χ3n) is 6.04. The molecule has 2 heterocycles. The number of carbonyl (C=O) groups excluding carboxylic acids is 1. The van der Waals surface area contributed by atoms with Crippen molar-refractivity contribution in [3.63, 3.8) is 0 Å². The Labute approximate surface area is 197 Å². The highest BCUT2D eigenvalue weighted by molar-refractivity contribution is 6.03. The summed E-state index contributed by atoms with van der Waals surface area (Å²) in [6.45, 7) is 0.359. The van der Waals surface area contributed by atoms with E-state index in [1.807, 2.05) is 48.7 Å². The number of hydrogen-bond donors (Lipinski definition) is 3. The topological polar surface area (TPSA) is 115 Å². The number of fused-ring (bicyclic) bond motifs is 1. The number of carbonyl (C=O) groups is 1. The van der Waals surface area contributed by atoms with Crippen LogP contribution in [0.1, 0.15) is 42.9 Å². The molecule has 1 aliphatic carbocycles. The van der Waals surface area contributed by atoms with Crippen molar-refractivity contribution in [2.24, 2.45) is 5.73 Å². The number of pyridine rings is 1. The number of ether oxygens (including phenoxy) is 1. The Hall–Kier alpha value is -4.20. The molecule has 0 atom stereocenters. The van der Waals surface area contributed by atoms with E-state index in [-0.39, 0.29) is 0 Å². The van der Waals surface area contributed by atoms with Crippen LogP contribution < -0.4 is 21.1 Å². The van der Waals surface area contributed by atoms with Gasteiger partial charge < -0.3 is 21.1 Å². The predicted octanol–water partition coefficient (Wildman–Crippen LogP) is 5.50. The molecular formula is C26H26N6O2. The molecule has 2 amide bonds. The zero-order valence-electron chi connectivity index (χ0n) is 18.7. The summed E-state index contributed by atoms with van der Waals surface area (Å²) in [5.41, 5.74) is 7.94. The Morgan fingerprint density at radius 1 is 1.03 bits per heavy atom. The summed E-state index contributed by atoms with van der Waals surface area (Å²) < 4.78 is 6.13. The van der Waals surface area contributed by atoms with Crippen molar-refractivity contribution in [3.05, 3.63) is 78.4 Å². The molecule has 4 aromatic rings. The number of benzene rings is 2. The van der Waals surface area contributed by atoms with Crippen molar-refractivity contribution in [3.8, 4) is 5.75 Å². The fraction of sp³-hybridized carbons (Fsp3) is 0.231. The van der Waals surface area contributed by atoms with E-state index in [2.05, 4.69) is 20.6 Å². The van der Waals surface area contributed by atoms with Crippen LogP contribution in [-0.4, -0.2) is 21.0 Å². The van der Waals surface area contributed by atoms with Gasteiger partial charge in [0.2, 0.25) is 0 Å². The van der Waals surface area contributed by atoms with E-state index in [0.29, 0.717) is 35.6 Å². The van der Waals surface area contributed by atoms with Crippen LogP contribution >= 0.6 is 0 Å². The van der Waals surface area contributed by atoms with Gasteiger partial charge >= 0.3 is 6.03 Å². The summed E-state index contributed by atoms with van der Waals surface area (Å²) in [5.74, 6) is 2.59. The number of hydrogen-bond acceptors (Lipinski definition) is 6. The average Bonchev–Trinajstić information content (AvgIpc) is 3.39. The number of rotatable bonds is 7. The van der Waals surface area contributed by atoms with Crippen molar-refractivity contribution >= 4 is 34.1 Å². The van der Waals surface area contributed by atoms with Crippen LogP contribution in [0.25, 0.3) is 10.8 Å². The zero-order chi connectivity index (χ0) is 23.3. The van der Waals surface area contributed by atoms with Gasteiger partial charge in [0, 0.05) is 29.1 Å². The number of anilines is 3. The number of nitrogens with one attached hydrogen (secondary N) is 2. The molecule has 0 aliphatic heterocycles. The molecule has 4 N–H and O–H groups in total.